The Hall–Kier alpha value is -2.40. The summed E-state index contributed by atoms with van der Waals surface area (Å²) in [5.41, 5.74) is 0.543. The third-order valence-electron chi connectivity index (χ3n) is 4.95. The highest BCUT2D eigenvalue weighted by Crippen LogP contribution is 2.31. The number of carbonyl (C=O) groups is 2. The van der Waals surface area contributed by atoms with E-state index in [1.807, 2.05) is 6.92 Å². The van der Waals surface area contributed by atoms with Crippen molar-refractivity contribution in [2.75, 3.05) is 13.1 Å². The topological polar surface area (TPSA) is 49.4 Å². The van der Waals surface area contributed by atoms with Crippen LogP contribution in [0.25, 0.3) is 0 Å². The minimum absolute atomic E-state index is 0.124. The van der Waals surface area contributed by atoms with Gasteiger partial charge in [-0.25, -0.2) is 4.39 Å². The lowest BCUT2D eigenvalue weighted by Crippen LogP contribution is -2.51. The number of amides is 2. The van der Waals surface area contributed by atoms with Gasteiger partial charge in [0.25, 0.3) is 5.91 Å². The average Bonchev–Trinajstić information content (AvgIpc) is 2.65. The second kappa shape index (κ2) is 8.09. The van der Waals surface area contributed by atoms with E-state index in [-0.39, 0.29) is 24.2 Å². The molecule has 2 aromatic carbocycles. The molecule has 142 valence electrons. The fourth-order valence-corrected chi connectivity index (χ4v) is 3.64. The van der Waals surface area contributed by atoms with Crippen LogP contribution in [-0.2, 0) is 11.3 Å². The molecule has 0 saturated carbocycles. The number of hydrogen-bond acceptors (Lipinski definition) is 2. The molecule has 1 saturated heterocycles. The lowest BCUT2D eigenvalue weighted by Gasteiger charge is -2.39. The van der Waals surface area contributed by atoms with Crippen molar-refractivity contribution in [3.63, 3.8) is 0 Å². The Morgan fingerprint density at radius 1 is 1.22 bits per heavy atom. The van der Waals surface area contributed by atoms with Gasteiger partial charge in [0.1, 0.15) is 5.82 Å². The van der Waals surface area contributed by atoms with Crippen molar-refractivity contribution in [2.45, 2.75) is 26.3 Å². The molecule has 0 aromatic heterocycles. The summed E-state index contributed by atoms with van der Waals surface area (Å²) in [5.74, 6) is -0.583. The molecule has 1 heterocycles. The molecule has 4 nitrogen and oxygen atoms in total. The number of nitrogens with one attached hydrogen (secondary N) is 1. The smallest absolute Gasteiger partial charge is 0.253 e. The summed E-state index contributed by atoms with van der Waals surface area (Å²) >= 11 is 5.98. The maximum atomic E-state index is 13.3. The summed E-state index contributed by atoms with van der Waals surface area (Å²) in [6, 6.07) is 13.0. The summed E-state index contributed by atoms with van der Waals surface area (Å²) < 4.78 is 13.3. The number of rotatable bonds is 4. The molecule has 1 N–H and O–H groups in total. The van der Waals surface area contributed by atoms with E-state index < -0.39 is 5.41 Å². The van der Waals surface area contributed by atoms with Crippen molar-refractivity contribution in [1.29, 1.82) is 0 Å². The van der Waals surface area contributed by atoms with E-state index in [9.17, 15) is 14.0 Å². The number of hydrogen-bond donors (Lipinski definition) is 1. The van der Waals surface area contributed by atoms with Crippen LogP contribution in [0.3, 0.4) is 0 Å². The summed E-state index contributed by atoms with van der Waals surface area (Å²) in [4.78, 5) is 27.3. The van der Waals surface area contributed by atoms with Gasteiger partial charge in [0.05, 0.1) is 5.41 Å². The monoisotopic (exact) mass is 388 g/mol. The third kappa shape index (κ3) is 4.66. The second-order valence-corrected chi connectivity index (χ2v) is 7.65. The van der Waals surface area contributed by atoms with Crippen LogP contribution in [0.5, 0.6) is 0 Å². The molecule has 0 aliphatic carbocycles. The molecule has 27 heavy (non-hydrogen) atoms. The van der Waals surface area contributed by atoms with Gasteiger partial charge in [-0.3, -0.25) is 9.59 Å². The van der Waals surface area contributed by atoms with Crippen LogP contribution < -0.4 is 5.32 Å². The molecule has 0 radical (unpaired) electrons. The summed E-state index contributed by atoms with van der Waals surface area (Å²) in [6.07, 6.45) is 1.44. The first-order chi connectivity index (χ1) is 12.9. The maximum Gasteiger partial charge on any atom is 0.253 e. The predicted octanol–water partition coefficient (Wildman–Crippen LogP) is 4.04. The Balaban J connectivity index is 1.66. The fraction of sp³-hybridized carbons (Fsp3) is 0.333. The molecule has 3 rings (SSSR count). The number of nitrogens with zero attached hydrogens (tertiary/aromatic N) is 1. The van der Waals surface area contributed by atoms with E-state index in [0.717, 1.165) is 6.42 Å². The zero-order valence-corrected chi connectivity index (χ0v) is 15.9. The molecule has 0 spiro atoms. The largest absolute Gasteiger partial charge is 0.351 e. The zero-order valence-electron chi connectivity index (χ0n) is 15.2. The van der Waals surface area contributed by atoms with E-state index in [2.05, 4.69) is 5.32 Å². The Bertz CT molecular complexity index is 858. The molecule has 2 amide bonds. The van der Waals surface area contributed by atoms with Crippen molar-refractivity contribution in [1.82, 2.24) is 10.2 Å². The SMILES string of the molecule is C[C@@]1(C(=O)NCc2cccc(F)c2)CCCN(C(=O)c2cccc(Cl)c2)C1. The lowest BCUT2D eigenvalue weighted by atomic mass is 9.80. The Morgan fingerprint density at radius 2 is 2.00 bits per heavy atom. The highest BCUT2D eigenvalue weighted by atomic mass is 35.5. The molecule has 1 aliphatic rings. The van der Waals surface area contributed by atoms with E-state index in [4.69, 9.17) is 11.6 Å². The molecule has 0 unspecified atom stereocenters. The Morgan fingerprint density at radius 3 is 2.74 bits per heavy atom. The van der Waals surface area contributed by atoms with Gasteiger partial charge in [0, 0.05) is 30.2 Å². The summed E-state index contributed by atoms with van der Waals surface area (Å²) in [5, 5.41) is 3.39. The van der Waals surface area contributed by atoms with Gasteiger partial charge in [-0.1, -0.05) is 29.8 Å². The van der Waals surface area contributed by atoms with Crippen LogP contribution in [0.4, 0.5) is 4.39 Å². The molecule has 2 aromatic rings. The number of piperidine rings is 1. The normalized spacial score (nSPS) is 19.6. The maximum absolute atomic E-state index is 13.3. The highest BCUT2D eigenvalue weighted by Gasteiger charge is 2.39. The fourth-order valence-electron chi connectivity index (χ4n) is 3.44. The number of halogens is 2. The standard InChI is InChI=1S/C21H22ClFN2O2/c1-21(20(27)24-13-15-5-2-8-18(23)11-15)9-4-10-25(14-21)19(26)16-6-3-7-17(22)12-16/h2-3,5-8,11-12H,4,9-10,13-14H2,1H3,(H,24,27)/t21-/m1/s1. The van der Waals surface area contributed by atoms with E-state index >= 15 is 0 Å². The van der Waals surface area contributed by atoms with Crippen LogP contribution in [0.15, 0.2) is 48.5 Å². The molecule has 0 bridgehead atoms. The molecule has 6 heteroatoms. The van der Waals surface area contributed by atoms with Gasteiger partial charge < -0.3 is 10.2 Å². The van der Waals surface area contributed by atoms with Crippen LogP contribution >= 0.6 is 11.6 Å². The van der Waals surface area contributed by atoms with Crippen LogP contribution in [0, 0.1) is 11.2 Å². The van der Waals surface area contributed by atoms with E-state index in [1.165, 1.54) is 12.1 Å². The van der Waals surface area contributed by atoms with Crippen LogP contribution in [0.1, 0.15) is 35.7 Å². The van der Waals surface area contributed by atoms with Crippen molar-refractivity contribution in [3.8, 4) is 0 Å². The first kappa shape index (κ1) is 19.4. The minimum atomic E-state index is -0.681. The minimum Gasteiger partial charge on any atom is -0.351 e. The van der Waals surface area contributed by atoms with Gasteiger partial charge in [-0.2, -0.15) is 0 Å². The van der Waals surface area contributed by atoms with Crippen molar-refractivity contribution in [3.05, 3.63) is 70.5 Å². The van der Waals surface area contributed by atoms with Crippen LogP contribution in [-0.4, -0.2) is 29.8 Å². The molecular formula is C21H22ClFN2O2. The molecule has 1 aliphatic heterocycles. The predicted molar refractivity (Wildman–Crippen MR) is 103 cm³/mol. The van der Waals surface area contributed by atoms with Crippen molar-refractivity contribution >= 4 is 23.4 Å². The number of benzene rings is 2. The van der Waals surface area contributed by atoms with Crippen LogP contribution in [0.2, 0.25) is 5.02 Å². The van der Waals surface area contributed by atoms with Gasteiger partial charge in [-0.05, 0) is 55.7 Å². The zero-order chi connectivity index (χ0) is 19.4. The van der Waals surface area contributed by atoms with E-state index in [1.54, 1.807) is 41.3 Å². The number of carbonyl (C=O) groups excluding carboxylic acids is 2. The first-order valence-corrected chi connectivity index (χ1v) is 9.33. The third-order valence-corrected chi connectivity index (χ3v) is 5.18. The highest BCUT2D eigenvalue weighted by molar-refractivity contribution is 6.30. The lowest BCUT2D eigenvalue weighted by molar-refractivity contribution is -0.132. The summed E-state index contributed by atoms with van der Waals surface area (Å²) in [6.45, 7) is 3.07. The van der Waals surface area contributed by atoms with Gasteiger partial charge in [0.2, 0.25) is 5.91 Å². The average molecular weight is 389 g/mol. The van der Waals surface area contributed by atoms with Gasteiger partial charge >= 0.3 is 0 Å². The molecule has 1 fully saturated rings. The summed E-state index contributed by atoms with van der Waals surface area (Å²) in [7, 11) is 0. The Kier molecular flexibility index (Phi) is 5.80. The second-order valence-electron chi connectivity index (χ2n) is 7.21. The van der Waals surface area contributed by atoms with E-state index in [0.29, 0.717) is 35.7 Å². The Labute approximate surface area is 163 Å². The number of likely N-dealkylation sites (tertiary alicyclic amines) is 1. The molecular weight excluding hydrogens is 367 g/mol. The van der Waals surface area contributed by atoms with Gasteiger partial charge in [0.15, 0.2) is 0 Å². The van der Waals surface area contributed by atoms with Crippen molar-refractivity contribution in [2.24, 2.45) is 5.41 Å². The molecule has 1 atom stereocenters. The van der Waals surface area contributed by atoms with Crippen molar-refractivity contribution < 1.29 is 14.0 Å². The van der Waals surface area contributed by atoms with Gasteiger partial charge in [-0.15, -0.1) is 0 Å². The quantitative estimate of drug-likeness (QED) is 0.859. The first-order valence-electron chi connectivity index (χ1n) is 8.95.